The van der Waals surface area contributed by atoms with Crippen molar-refractivity contribution >= 4 is 52.9 Å². The zero-order valence-electron chi connectivity index (χ0n) is 12.0. The van der Waals surface area contributed by atoms with Crippen molar-refractivity contribution in [2.24, 2.45) is 0 Å². The van der Waals surface area contributed by atoms with Crippen molar-refractivity contribution in [3.63, 3.8) is 0 Å². The molecule has 1 aromatic heterocycles. The molecule has 3 rings (SSSR count). The molecule has 0 radical (unpaired) electrons. The lowest BCUT2D eigenvalue weighted by atomic mass is 10.2. The van der Waals surface area contributed by atoms with Gasteiger partial charge in [0.05, 0.1) is 4.47 Å². The second-order valence-electron chi connectivity index (χ2n) is 4.92. The number of hydrogen-bond acceptors (Lipinski definition) is 4. The Hall–Kier alpha value is -1.44. The van der Waals surface area contributed by atoms with Gasteiger partial charge in [-0.05, 0) is 47.1 Å². The van der Waals surface area contributed by atoms with Gasteiger partial charge in [0.2, 0.25) is 0 Å². The smallest absolute Gasteiger partial charge is 0.339 e. The molecule has 0 unspecified atom stereocenters. The number of fused-ring (bicyclic) bond motifs is 1. The Bertz CT molecular complexity index is 986. The maximum atomic E-state index is 12.5. The van der Waals surface area contributed by atoms with E-state index in [4.69, 9.17) is 4.18 Å². The highest BCUT2D eigenvalue weighted by Crippen LogP contribution is 2.38. The first-order chi connectivity index (χ1) is 10.9. The van der Waals surface area contributed by atoms with Crippen molar-refractivity contribution in [3.8, 4) is 5.75 Å². The molecule has 7 heteroatoms. The zero-order valence-corrected chi connectivity index (χ0v) is 15.9. The maximum Gasteiger partial charge on any atom is 0.339 e. The van der Waals surface area contributed by atoms with E-state index in [1.807, 2.05) is 13.0 Å². The Morgan fingerprint density at radius 2 is 1.74 bits per heavy atom. The Labute approximate surface area is 150 Å². The molecule has 0 saturated heterocycles. The first-order valence-electron chi connectivity index (χ1n) is 6.62. The third-order valence-corrected chi connectivity index (χ3v) is 5.73. The van der Waals surface area contributed by atoms with Gasteiger partial charge < -0.3 is 4.18 Å². The highest BCUT2D eigenvalue weighted by Gasteiger charge is 2.21. The van der Waals surface area contributed by atoms with E-state index in [-0.39, 0.29) is 10.6 Å². The fourth-order valence-corrected chi connectivity index (χ4v) is 4.50. The predicted molar refractivity (Wildman–Crippen MR) is 96.1 cm³/mol. The molecule has 0 aliphatic carbocycles. The summed E-state index contributed by atoms with van der Waals surface area (Å²) in [6.07, 6.45) is 1.59. The monoisotopic (exact) mass is 455 g/mol. The van der Waals surface area contributed by atoms with Gasteiger partial charge in [0.1, 0.15) is 10.4 Å². The van der Waals surface area contributed by atoms with Crippen LogP contribution in [0.25, 0.3) is 10.9 Å². The third kappa shape index (κ3) is 3.27. The summed E-state index contributed by atoms with van der Waals surface area (Å²) in [6, 6.07) is 11.8. The summed E-state index contributed by atoms with van der Waals surface area (Å²) >= 11 is 6.78. The van der Waals surface area contributed by atoms with Crippen LogP contribution in [0.1, 0.15) is 5.56 Å². The van der Waals surface area contributed by atoms with Gasteiger partial charge in [-0.15, -0.1) is 0 Å². The molecule has 0 spiro atoms. The molecule has 1 heterocycles. The van der Waals surface area contributed by atoms with Crippen molar-refractivity contribution in [1.82, 2.24) is 4.98 Å². The van der Waals surface area contributed by atoms with Crippen LogP contribution in [0.5, 0.6) is 5.75 Å². The molecule has 0 atom stereocenters. The van der Waals surface area contributed by atoms with Crippen LogP contribution < -0.4 is 4.18 Å². The predicted octanol–water partition coefficient (Wildman–Crippen LogP) is 4.84. The maximum absolute atomic E-state index is 12.5. The lowest BCUT2D eigenvalue weighted by molar-refractivity contribution is 0.486. The topological polar surface area (TPSA) is 56.3 Å². The normalized spacial score (nSPS) is 11.6. The summed E-state index contributed by atoms with van der Waals surface area (Å²) in [6.45, 7) is 1.89. The minimum absolute atomic E-state index is 0.0991. The van der Waals surface area contributed by atoms with E-state index < -0.39 is 10.1 Å². The van der Waals surface area contributed by atoms with Crippen LogP contribution in [-0.4, -0.2) is 13.4 Å². The van der Waals surface area contributed by atoms with Crippen LogP contribution in [0.4, 0.5) is 0 Å². The molecule has 2 aromatic carbocycles. The van der Waals surface area contributed by atoms with Gasteiger partial charge in [0.25, 0.3) is 0 Å². The molecule has 0 bridgehead atoms. The summed E-state index contributed by atoms with van der Waals surface area (Å²) < 4.78 is 31.7. The number of hydrogen-bond donors (Lipinski definition) is 0. The van der Waals surface area contributed by atoms with Gasteiger partial charge in [-0.2, -0.15) is 8.42 Å². The number of pyridine rings is 1. The Balaban J connectivity index is 2.13. The third-order valence-electron chi connectivity index (χ3n) is 3.25. The van der Waals surface area contributed by atoms with E-state index in [0.29, 0.717) is 9.99 Å². The van der Waals surface area contributed by atoms with Crippen LogP contribution in [0, 0.1) is 6.92 Å². The zero-order chi connectivity index (χ0) is 16.6. The van der Waals surface area contributed by atoms with E-state index in [0.717, 1.165) is 15.4 Å². The van der Waals surface area contributed by atoms with Crippen LogP contribution >= 0.6 is 31.9 Å². The molecule has 0 N–H and O–H groups in total. The lowest BCUT2D eigenvalue weighted by Crippen LogP contribution is -2.10. The number of benzene rings is 2. The van der Waals surface area contributed by atoms with E-state index in [1.165, 1.54) is 12.1 Å². The number of aryl methyl sites for hydroxylation is 1. The second-order valence-corrected chi connectivity index (χ2v) is 8.17. The van der Waals surface area contributed by atoms with Crippen molar-refractivity contribution in [2.75, 3.05) is 0 Å². The lowest BCUT2D eigenvalue weighted by Gasteiger charge is -2.12. The molecular weight excluding hydrogens is 446 g/mol. The molecule has 23 heavy (non-hydrogen) atoms. The molecule has 118 valence electrons. The minimum Gasteiger partial charge on any atom is -0.375 e. The molecule has 3 aromatic rings. The van der Waals surface area contributed by atoms with Crippen LogP contribution in [0.15, 0.2) is 62.5 Å². The molecule has 4 nitrogen and oxygen atoms in total. The van der Waals surface area contributed by atoms with E-state index in [9.17, 15) is 8.42 Å². The largest absolute Gasteiger partial charge is 0.375 e. The molecular formula is C16H11Br2NO3S. The Morgan fingerprint density at radius 1 is 1.04 bits per heavy atom. The highest BCUT2D eigenvalue weighted by atomic mass is 79.9. The quantitative estimate of drug-likeness (QED) is 0.529. The number of halogens is 2. The van der Waals surface area contributed by atoms with Gasteiger partial charge in [-0.1, -0.05) is 39.7 Å². The number of nitrogens with zero attached hydrogens (tertiary/aromatic N) is 1. The summed E-state index contributed by atoms with van der Waals surface area (Å²) in [7, 11) is -3.94. The molecule has 0 fully saturated rings. The fourth-order valence-electron chi connectivity index (χ4n) is 2.09. The van der Waals surface area contributed by atoms with E-state index in [2.05, 4.69) is 36.8 Å². The van der Waals surface area contributed by atoms with Crippen LogP contribution in [0.2, 0.25) is 0 Å². The first kappa shape index (κ1) is 16.4. The summed E-state index contributed by atoms with van der Waals surface area (Å²) in [5.41, 5.74) is 1.44. The Morgan fingerprint density at radius 3 is 2.43 bits per heavy atom. The van der Waals surface area contributed by atoms with Crippen molar-refractivity contribution in [1.29, 1.82) is 0 Å². The van der Waals surface area contributed by atoms with E-state index in [1.54, 1.807) is 30.5 Å². The van der Waals surface area contributed by atoms with Crippen LogP contribution in [-0.2, 0) is 10.1 Å². The molecule has 0 aliphatic heterocycles. The summed E-state index contributed by atoms with van der Waals surface area (Å²) in [4.78, 5) is 4.34. The van der Waals surface area contributed by atoms with Gasteiger partial charge in [0.15, 0.2) is 5.75 Å². The van der Waals surface area contributed by atoms with Crippen molar-refractivity contribution in [3.05, 3.63) is 63.2 Å². The molecule has 0 amide bonds. The van der Waals surface area contributed by atoms with Gasteiger partial charge in [-0.25, -0.2) is 0 Å². The number of aromatic nitrogens is 1. The summed E-state index contributed by atoms with van der Waals surface area (Å²) in [5, 5.41) is 0.768. The van der Waals surface area contributed by atoms with Crippen LogP contribution in [0.3, 0.4) is 0 Å². The minimum atomic E-state index is -3.94. The number of rotatable bonds is 3. The van der Waals surface area contributed by atoms with E-state index >= 15 is 0 Å². The van der Waals surface area contributed by atoms with Crippen molar-refractivity contribution < 1.29 is 12.6 Å². The van der Waals surface area contributed by atoms with Gasteiger partial charge in [0, 0.05) is 16.1 Å². The van der Waals surface area contributed by atoms with Crippen molar-refractivity contribution in [2.45, 2.75) is 11.8 Å². The Kier molecular flexibility index (Phi) is 4.44. The standard InChI is InChI=1S/C16H11Br2NO3S/c1-10-4-6-11(7-5-10)23(20,21)22-16-14(18)9-13(17)12-3-2-8-19-15(12)16/h2-9H,1H3. The highest BCUT2D eigenvalue weighted by molar-refractivity contribution is 9.11. The second kappa shape index (κ2) is 6.22. The van der Waals surface area contributed by atoms with Gasteiger partial charge >= 0.3 is 10.1 Å². The summed E-state index contributed by atoms with van der Waals surface area (Å²) in [5.74, 6) is 0.171. The first-order valence-corrected chi connectivity index (χ1v) is 9.62. The molecule has 0 saturated carbocycles. The molecule has 0 aliphatic rings. The SMILES string of the molecule is Cc1ccc(S(=O)(=O)Oc2c(Br)cc(Br)c3cccnc23)cc1. The fraction of sp³-hybridized carbons (Fsp3) is 0.0625. The average molecular weight is 457 g/mol. The van der Waals surface area contributed by atoms with Gasteiger partial charge in [-0.3, -0.25) is 4.98 Å². The average Bonchev–Trinajstić information content (AvgIpc) is 2.52.